The summed E-state index contributed by atoms with van der Waals surface area (Å²) in [6, 6.07) is 14.3. The average molecular weight is 280 g/mol. The second-order valence-electron chi connectivity index (χ2n) is 4.67. The Hall–Kier alpha value is -2.82. The predicted octanol–water partition coefficient (Wildman–Crippen LogP) is 3.24. The molecule has 0 unspecified atom stereocenters. The summed E-state index contributed by atoms with van der Waals surface area (Å²) in [5, 5.41) is 0. The fraction of sp³-hybridized carbons (Fsp3) is 0.0625. The number of rotatable bonds is 2. The van der Waals surface area contributed by atoms with Crippen molar-refractivity contribution in [3.8, 4) is 22.8 Å². The number of nitrogens with two attached hydrogens (primary N) is 1. The van der Waals surface area contributed by atoms with Crippen LogP contribution in [0.5, 0.6) is 0 Å². The summed E-state index contributed by atoms with van der Waals surface area (Å²) in [4.78, 5) is 12.6. The standard InChI is InChI=1S/C16H13FN4/c1-10-7-8-12(9-13(10)17)15-19-14(20-16(18)21-15)11-5-3-2-4-6-11/h2-9H,1H3,(H2,18,19,20,21). The molecule has 0 aliphatic carbocycles. The van der Waals surface area contributed by atoms with E-state index < -0.39 is 0 Å². The highest BCUT2D eigenvalue weighted by molar-refractivity contribution is 5.62. The van der Waals surface area contributed by atoms with Crippen LogP contribution in [-0.2, 0) is 0 Å². The van der Waals surface area contributed by atoms with Gasteiger partial charge < -0.3 is 5.73 Å². The molecule has 0 fully saturated rings. The normalized spacial score (nSPS) is 10.6. The van der Waals surface area contributed by atoms with Crippen LogP contribution in [0.4, 0.5) is 10.3 Å². The number of hydrogen-bond acceptors (Lipinski definition) is 4. The molecule has 1 aromatic heterocycles. The summed E-state index contributed by atoms with van der Waals surface area (Å²) in [6.07, 6.45) is 0. The lowest BCUT2D eigenvalue weighted by molar-refractivity contribution is 0.619. The quantitative estimate of drug-likeness (QED) is 0.782. The Labute approximate surface area is 121 Å². The van der Waals surface area contributed by atoms with E-state index in [0.29, 0.717) is 22.8 Å². The fourth-order valence-electron chi connectivity index (χ4n) is 1.97. The van der Waals surface area contributed by atoms with E-state index in [-0.39, 0.29) is 11.8 Å². The summed E-state index contributed by atoms with van der Waals surface area (Å²) < 4.78 is 13.7. The molecule has 3 rings (SSSR count). The van der Waals surface area contributed by atoms with Gasteiger partial charge in [0.05, 0.1) is 0 Å². The number of aryl methyl sites for hydroxylation is 1. The SMILES string of the molecule is Cc1ccc(-c2nc(N)nc(-c3ccccc3)n2)cc1F. The minimum Gasteiger partial charge on any atom is -0.368 e. The number of nitrogens with zero attached hydrogens (tertiary/aromatic N) is 3. The first-order chi connectivity index (χ1) is 10.1. The zero-order valence-electron chi connectivity index (χ0n) is 11.4. The van der Waals surface area contributed by atoms with Gasteiger partial charge in [-0.05, 0) is 18.6 Å². The van der Waals surface area contributed by atoms with Crippen LogP contribution in [0, 0.1) is 12.7 Å². The molecule has 0 aliphatic heterocycles. The van der Waals surface area contributed by atoms with Crippen molar-refractivity contribution in [1.29, 1.82) is 0 Å². The van der Waals surface area contributed by atoms with Crippen molar-refractivity contribution < 1.29 is 4.39 Å². The van der Waals surface area contributed by atoms with Gasteiger partial charge in [-0.2, -0.15) is 9.97 Å². The molecule has 0 aliphatic rings. The van der Waals surface area contributed by atoms with Gasteiger partial charge in [0, 0.05) is 11.1 Å². The van der Waals surface area contributed by atoms with Crippen molar-refractivity contribution in [1.82, 2.24) is 15.0 Å². The summed E-state index contributed by atoms with van der Waals surface area (Å²) in [5.74, 6) is 0.645. The summed E-state index contributed by atoms with van der Waals surface area (Å²) in [5.41, 5.74) is 7.73. The maximum Gasteiger partial charge on any atom is 0.224 e. The first-order valence-electron chi connectivity index (χ1n) is 6.47. The average Bonchev–Trinajstić information content (AvgIpc) is 2.50. The molecule has 1 heterocycles. The Balaban J connectivity index is 2.11. The van der Waals surface area contributed by atoms with Crippen molar-refractivity contribution in [3.63, 3.8) is 0 Å². The summed E-state index contributed by atoms with van der Waals surface area (Å²) >= 11 is 0. The molecule has 21 heavy (non-hydrogen) atoms. The lowest BCUT2D eigenvalue weighted by Crippen LogP contribution is -2.02. The lowest BCUT2D eigenvalue weighted by atomic mass is 10.1. The van der Waals surface area contributed by atoms with E-state index >= 15 is 0 Å². The third kappa shape index (κ3) is 2.72. The van der Waals surface area contributed by atoms with E-state index in [4.69, 9.17) is 5.73 Å². The first kappa shape index (κ1) is 13.2. The van der Waals surface area contributed by atoms with Crippen LogP contribution >= 0.6 is 0 Å². The number of hydrogen-bond donors (Lipinski definition) is 1. The molecule has 2 N–H and O–H groups in total. The first-order valence-corrected chi connectivity index (χ1v) is 6.47. The van der Waals surface area contributed by atoms with Crippen molar-refractivity contribution in [3.05, 3.63) is 59.9 Å². The van der Waals surface area contributed by atoms with Crippen LogP contribution in [0.1, 0.15) is 5.56 Å². The van der Waals surface area contributed by atoms with E-state index in [2.05, 4.69) is 15.0 Å². The number of nitrogen functional groups attached to an aromatic ring is 1. The molecule has 0 amide bonds. The second-order valence-corrected chi connectivity index (χ2v) is 4.67. The largest absolute Gasteiger partial charge is 0.368 e. The Morgan fingerprint density at radius 3 is 2.19 bits per heavy atom. The number of anilines is 1. The van der Waals surface area contributed by atoms with Gasteiger partial charge in [-0.3, -0.25) is 0 Å². The van der Waals surface area contributed by atoms with Crippen molar-refractivity contribution >= 4 is 5.95 Å². The van der Waals surface area contributed by atoms with Crippen LogP contribution < -0.4 is 5.73 Å². The molecule has 2 aromatic carbocycles. The maximum absolute atomic E-state index is 13.7. The number of halogens is 1. The number of benzene rings is 2. The molecule has 0 spiro atoms. The molecule has 0 saturated heterocycles. The maximum atomic E-state index is 13.7. The highest BCUT2D eigenvalue weighted by Gasteiger charge is 2.10. The Morgan fingerprint density at radius 1 is 0.857 bits per heavy atom. The molecule has 4 nitrogen and oxygen atoms in total. The summed E-state index contributed by atoms with van der Waals surface area (Å²) in [7, 11) is 0. The van der Waals surface area contributed by atoms with Crippen LogP contribution in [0.3, 0.4) is 0 Å². The van der Waals surface area contributed by atoms with E-state index in [1.54, 1.807) is 19.1 Å². The molecule has 0 bridgehead atoms. The highest BCUT2D eigenvalue weighted by Crippen LogP contribution is 2.22. The molecular weight excluding hydrogens is 267 g/mol. The van der Waals surface area contributed by atoms with E-state index in [1.807, 2.05) is 30.3 Å². The van der Waals surface area contributed by atoms with Crippen molar-refractivity contribution in [2.45, 2.75) is 6.92 Å². The smallest absolute Gasteiger partial charge is 0.224 e. The topological polar surface area (TPSA) is 64.7 Å². The molecule has 3 aromatic rings. The third-order valence-electron chi connectivity index (χ3n) is 3.11. The lowest BCUT2D eigenvalue weighted by Gasteiger charge is -2.06. The molecule has 0 radical (unpaired) electrons. The van der Waals surface area contributed by atoms with Crippen LogP contribution in [-0.4, -0.2) is 15.0 Å². The van der Waals surface area contributed by atoms with Crippen molar-refractivity contribution in [2.24, 2.45) is 0 Å². The van der Waals surface area contributed by atoms with Crippen LogP contribution in [0.25, 0.3) is 22.8 Å². The Bertz CT molecular complexity index is 788. The number of aromatic nitrogens is 3. The van der Waals surface area contributed by atoms with Crippen LogP contribution in [0.15, 0.2) is 48.5 Å². The van der Waals surface area contributed by atoms with Gasteiger partial charge in [0.2, 0.25) is 5.95 Å². The van der Waals surface area contributed by atoms with Gasteiger partial charge in [-0.15, -0.1) is 0 Å². The Kier molecular flexibility index (Phi) is 3.31. The van der Waals surface area contributed by atoms with Crippen molar-refractivity contribution in [2.75, 3.05) is 5.73 Å². The van der Waals surface area contributed by atoms with Gasteiger partial charge in [-0.1, -0.05) is 42.5 Å². The second kappa shape index (κ2) is 5.28. The monoisotopic (exact) mass is 280 g/mol. The van der Waals surface area contributed by atoms with Crippen LogP contribution in [0.2, 0.25) is 0 Å². The zero-order chi connectivity index (χ0) is 14.8. The highest BCUT2D eigenvalue weighted by atomic mass is 19.1. The molecular formula is C16H13FN4. The zero-order valence-corrected chi connectivity index (χ0v) is 11.4. The molecule has 5 heteroatoms. The fourth-order valence-corrected chi connectivity index (χ4v) is 1.97. The molecule has 0 atom stereocenters. The molecule has 0 saturated carbocycles. The van der Waals surface area contributed by atoms with Gasteiger partial charge in [0.25, 0.3) is 0 Å². The summed E-state index contributed by atoms with van der Waals surface area (Å²) in [6.45, 7) is 1.70. The minimum atomic E-state index is -0.298. The van der Waals surface area contributed by atoms with Gasteiger partial charge in [-0.25, -0.2) is 9.37 Å². The van der Waals surface area contributed by atoms with Gasteiger partial charge in [0.1, 0.15) is 5.82 Å². The van der Waals surface area contributed by atoms with E-state index in [1.165, 1.54) is 6.07 Å². The molecule has 104 valence electrons. The minimum absolute atomic E-state index is 0.111. The van der Waals surface area contributed by atoms with Gasteiger partial charge >= 0.3 is 0 Å². The Morgan fingerprint density at radius 2 is 1.52 bits per heavy atom. The third-order valence-corrected chi connectivity index (χ3v) is 3.11. The van der Waals surface area contributed by atoms with Gasteiger partial charge in [0.15, 0.2) is 11.6 Å². The van der Waals surface area contributed by atoms with E-state index in [0.717, 1.165) is 5.56 Å². The van der Waals surface area contributed by atoms with E-state index in [9.17, 15) is 4.39 Å². The predicted molar refractivity (Wildman–Crippen MR) is 79.8 cm³/mol.